The first-order chi connectivity index (χ1) is 12.0. The van der Waals surface area contributed by atoms with Crippen LogP contribution in [0.5, 0.6) is 0 Å². The van der Waals surface area contributed by atoms with E-state index in [-0.39, 0.29) is 0 Å². The standard InChI is InChI=1S/C18H23N5OS/c1-3-5-6-11(4-2)13-9-23-14(8-21-16(19)18(23)22-13)15-7-12(10-25-15)17(20)24/h7-11H,3-6H2,1-2H3,(H2,19,21)(H2,20,24)/t11-/m1/s1. The van der Waals surface area contributed by atoms with Crippen LogP contribution in [0.25, 0.3) is 16.2 Å². The van der Waals surface area contributed by atoms with Gasteiger partial charge in [-0.05, 0) is 18.9 Å². The third-order valence-corrected chi connectivity index (χ3v) is 5.45. The summed E-state index contributed by atoms with van der Waals surface area (Å²) in [5.74, 6) is 0.391. The van der Waals surface area contributed by atoms with E-state index in [1.807, 2.05) is 4.40 Å². The Labute approximate surface area is 150 Å². The first-order valence-electron chi connectivity index (χ1n) is 8.57. The summed E-state index contributed by atoms with van der Waals surface area (Å²) in [6, 6.07) is 1.79. The molecule has 1 atom stereocenters. The molecule has 1 amide bonds. The molecule has 0 saturated carbocycles. The van der Waals surface area contributed by atoms with Crippen LogP contribution in [0, 0.1) is 0 Å². The molecular weight excluding hydrogens is 334 g/mol. The topological polar surface area (TPSA) is 99.3 Å². The molecule has 132 valence electrons. The number of nitrogens with zero attached hydrogens (tertiary/aromatic N) is 3. The number of primary amides is 1. The van der Waals surface area contributed by atoms with E-state index in [2.05, 4.69) is 25.0 Å². The van der Waals surface area contributed by atoms with E-state index in [4.69, 9.17) is 16.5 Å². The number of unbranched alkanes of at least 4 members (excludes halogenated alkanes) is 1. The zero-order valence-electron chi connectivity index (χ0n) is 14.5. The van der Waals surface area contributed by atoms with Gasteiger partial charge in [0.05, 0.1) is 28.0 Å². The second-order valence-electron chi connectivity index (χ2n) is 6.20. The van der Waals surface area contributed by atoms with Gasteiger partial charge in [0.25, 0.3) is 0 Å². The van der Waals surface area contributed by atoms with Crippen molar-refractivity contribution in [3.05, 3.63) is 35.1 Å². The molecule has 0 unspecified atom stereocenters. The molecule has 7 heteroatoms. The molecule has 0 bridgehead atoms. The fraction of sp³-hybridized carbons (Fsp3) is 0.389. The number of carbonyl (C=O) groups is 1. The van der Waals surface area contributed by atoms with Crippen molar-refractivity contribution in [2.75, 3.05) is 5.73 Å². The Hall–Kier alpha value is -2.41. The van der Waals surface area contributed by atoms with Crippen molar-refractivity contribution >= 4 is 28.7 Å². The summed E-state index contributed by atoms with van der Waals surface area (Å²) in [5, 5.41) is 1.76. The Bertz CT molecular complexity index is 898. The summed E-state index contributed by atoms with van der Waals surface area (Å²) >= 11 is 1.46. The fourth-order valence-corrected chi connectivity index (χ4v) is 3.91. The molecule has 0 fully saturated rings. The summed E-state index contributed by atoms with van der Waals surface area (Å²) in [5.41, 5.74) is 14.5. The average Bonchev–Trinajstić information content (AvgIpc) is 3.24. The Morgan fingerprint density at radius 3 is 2.84 bits per heavy atom. The van der Waals surface area contributed by atoms with Gasteiger partial charge in [0.1, 0.15) is 0 Å². The third kappa shape index (κ3) is 3.37. The van der Waals surface area contributed by atoms with Crippen molar-refractivity contribution in [1.82, 2.24) is 14.4 Å². The maximum absolute atomic E-state index is 11.4. The second kappa shape index (κ2) is 7.23. The molecule has 3 heterocycles. The lowest BCUT2D eigenvalue weighted by Gasteiger charge is -2.10. The van der Waals surface area contributed by atoms with Crippen molar-refractivity contribution in [1.29, 1.82) is 0 Å². The Kier molecular flexibility index (Phi) is 5.03. The molecule has 0 aromatic carbocycles. The highest BCUT2D eigenvalue weighted by Crippen LogP contribution is 2.31. The molecule has 0 aliphatic carbocycles. The monoisotopic (exact) mass is 357 g/mol. The molecule has 6 nitrogen and oxygen atoms in total. The van der Waals surface area contributed by atoms with E-state index in [1.165, 1.54) is 24.2 Å². The first kappa shape index (κ1) is 17.4. The van der Waals surface area contributed by atoms with E-state index in [9.17, 15) is 4.79 Å². The zero-order chi connectivity index (χ0) is 18.0. The van der Waals surface area contributed by atoms with E-state index < -0.39 is 5.91 Å². The molecular formula is C18H23N5OS. The lowest BCUT2D eigenvalue weighted by molar-refractivity contribution is 0.100. The molecule has 0 saturated heterocycles. The van der Waals surface area contributed by atoms with E-state index in [0.29, 0.717) is 22.9 Å². The van der Waals surface area contributed by atoms with E-state index in [1.54, 1.807) is 17.6 Å². The predicted octanol–water partition coefficient (Wildman–Crippen LogP) is 3.82. The lowest BCUT2D eigenvalue weighted by atomic mass is 9.96. The summed E-state index contributed by atoms with van der Waals surface area (Å²) in [4.78, 5) is 21.3. The Balaban J connectivity index is 2.08. The number of carbonyl (C=O) groups excluding carboxylic acids is 1. The molecule has 3 aromatic heterocycles. The zero-order valence-corrected chi connectivity index (χ0v) is 15.3. The minimum absolute atomic E-state index is 0.409. The van der Waals surface area contributed by atoms with Gasteiger partial charge < -0.3 is 11.5 Å². The molecule has 4 N–H and O–H groups in total. The lowest BCUT2D eigenvalue weighted by Crippen LogP contribution is -2.09. The van der Waals surface area contributed by atoms with E-state index >= 15 is 0 Å². The molecule has 0 aliphatic heterocycles. The minimum atomic E-state index is -0.431. The highest BCUT2D eigenvalue weighted by atomic mass is 32.1. The van der Waals surface area contributed by atoms with Gasteiger partial charge in [-0.2, -0.15) is 0 Å². The Morgan fingerprint density at radius 1 is 1.40 bits per heavy atom. The number of anilines is 1. The number of fused-ring (bicyclic) bond motifs is 1. The van der Waals surface area contributed by atoms with Crippen LogP contribution in [0.1, 0.15) is 61.5 Å². The van der Waals surface area contributed by atoms with Crippen LogP contribution in [0.15, 0.2) is 23.8 Å². The number of thiophene rings is 1. The molecule has 3 aromatic rings. The van der Waals surface area contributed by atoms with E-state index in [0.717, 1.165) is 29.1 Å². The van der Waals surface area contributed by atoms with Gasteiger partial charge in [-0.1, -0.05) is 26.7 Å². The number of nitrogens with two attached hydrogens (primary N) is 2. The number of nitrogen functional groups attached to an aromatic ring is 1. The van der Waals surface area contributed by atoms with Gasteiger partial charge in [-0.25, -0.2) is 9.97 Å². The van der Waals surface area contributed by atoms with Crippen molar-refractivity contribution in [2.24, 2.45) is 5.73 Å². The number of hydrogen-bond acceptors (Lipinski definition) is 5. The summed E-state index contributed by atoms with van der Waals surface area (Å²) in [6.45, 7) is 4.38. The number of amides is 1. The summed E-state index contributed by atoms with van der Waals surface area (Å²) in [6.07, 6.45) is 8.28. The van der Waals surface area contributed by atoms with Crippen LogP contribution >= 0.6 is 11.3 Å². The molecule has 0 spiro atoms. The van der Waals surface area contributed by atoms with Gasteiger partial charge in [-0.15, -0.1) is 11.3 Å². The molecule has 25 heavy (non-hydrogen) atoms. The normalized spacial score (nSPS) is 12.6. The number of rotatable bonds is 7. The highest BCUT2D eigenvalue weighted by molar-refractivity contribution is 7.13. The summed E-state index contributed by atoms with van der Waals surface area (Å²) in [7, 11) is 0. The maximum Gasteiger partial charge on any atom is 0.249 e. The molecule has 0 radical (unpaired) electrons. The minimum Gasteiger partial charge on any atom is -0.381 e. The van der Waals surface area contributed by atoms with Crippen LogP contribution in [0.3, 0.4) is 0 Å². The Morgan fingerprint density at radius 2 is 2.20 bits per heavy atom. The first-order valence-corrected chi connectivity index (χ1v) is 9.45. The van der Waals surface area contributed by atoms with Crippen molar-refractivity contribution in [3.63, 3.8) is 0 Å². The number of hydrogen-bond donors (Lipinski definition) is 2. The highest BCUT2D eigenvalue weighted by Gasteiger charge is 2.18. The van der Waals surface area contributed by atoms with Gasteiger partial charge in [0, 0.05) is 17.5 Å². The quantitative estimate of drug-likeness (QED) is 0.671. The van der Waals surface area contributed by atoms with Crippen LogP contribution in [-0.2, 0) is 0 Å². The van der Waals surface area contributed by atoms with Gasteiger partial charge >= 0.3 is 0 Å². The predicted molar refractivity (Wildman–Crippen MR) is 102 cm³/mol. The SMILES string of the molecule is CCCC[C@@H](CC)c1cn2c(-c3cc(C(N)=O)cs3)cnc(N)c2n1. The number of imidazole rings is 1. The maximum atomic E-state index is 11.4. The van der Waals surface area contributed by atoms with Crippen molar-refractivity contribution < 1.29 is 4.79 Å². The average molecular weight is 357 g/mol. The number of aromatic nitrogens is 3. The van der Waals surface area contributed by atoms with Crippen molar-refractivity contribution in [2.45, 2.75) is 45.4 Å². The van der Waals surface area contributed by atoms with Gasteiger partial charge in [-0.3, -0.25) is 9.20 Å². The molecule has 0 aliphatic rings. The third-order valence-electron chi connectivity index (χ3n) is 4.49. The van der Waals surface area contributed by atoms with Crippen molar-refractivity contribution in [3.8, 4) is 10.6 Å². The van der Waals surface area contributed by atoms with Crippen LogP contribution in [0.4, 0.5) is 5.82 Å². The van der Waals surface area contributed by atoms with Crippen LogP contribution < -0.4 is 11.5 Å². The fourth-order valence-electron chi connectivity index (χ4n) is 3.00. The smallest absolute Gasteiger partial charge is 0.249 e. The second-order valence-corrected chi connectivity index (χ2v) is 7.11. The van der Waals surface area contributed by atoms with Crippen LogP contribution in [0.2, 0.25) is 0 Å². The largest absolute Gasteiger partial charge is 0.381 e. The van der Waals surface area contributed by atoms with Gasteiger partial charge in [0.15, 0.2) is 11.5 Å². The van der Waals surface area contributed by atoms with Gasteiger partial charge in [0.2, 0.25) is 5.91 Å². The summed E-state index contributed by atoms with van der Waals surface area (Å²) < 4.78 is 1.98. The van der Waals surface area contributed by atoms with Crippen LogP contribution in [-0.4, -0.2) is 20.3 Å². The molecule has 3 rings (SSSR count).